The lowest BCUT2D eigenvalue weighted by Crippen LogP contribution is -2.31. The second-order valence-corrected chi connectivity index (χ2v) is 11.8. The number of anilines is 2. The van der Waals surface area contributed by atoms with Gasteiger partial charge in [0.15, 0.2) is 5.82 Å². The van der Waals surface area contributed by atoms with Crippen LogP contribution in [0.15, 0.2) is 48.7 Å². The van der Waals surface area contributed by atoms with Crippen molar-refractivity contribution in [3.05, 3.63) is 76.6 Å². The van der Waals surface area contributed by atoms with E-state index in [4.69, 9.17) is 21.1 Å². The van der Waals surface area contributed by atoms with E-state index in [0.717, 1.165) is 37.7 Å². The SMILES string of the molecule is CCOC(=O)C1CCCCC(C=O)c2cc(ccn2)-c2cc(F)ccc2N1.CNc1ccc(Cl)c(F)c1C(CCCN(C)C)OC=O. The highest BCUT2D eigenvalue weighted by Gasteiger charge is 2.24. The molecule has 0 aliphatic carbocycles. The van der Waals surface area contributed by atoms with E-state index >= 15 is 0 Å². The molecule has 2 aromatic carbocycles. The van der Waals surface area contributed by atoms with Crippen molar-refractivity contribution in [2.75, 3.05) is 44.9 Å². The molecule has 3 atom stereocenters. The third-order valence-electron chi connectivity index (χ3n) is 7.79. The number of pyridine rings is 1. The summed E-state index contributed by atoms with van der Waals surface area (Å²) in [6, 6.07) is 10.6. The Morgan fingerprint density at radius 1 is 1.15 bits per heavy atom. The normalized spacial score (nSPS) is 16.5. The predicted octanol–water partition coefficient (Wildman–Crippen LogP) is 7.16. The van der Waals surface area contributed by atoms with Crippen LogP contribution in [0.5, 0.6) is 0 Å². The zero-order valence-electron chi connectivity index (χ0n) is 27.2. The van der Waals surface area contributed by atoms with Crippen LogP contribution in [-0.4, -0.2) is 68.9 Å². The highest BCUT2D eigenvalue weighted by atomic mass is 35.5. The molecule has 0 saturated heterocycles. The first-order valence-corrected chi connectivity index (χ1v) is 16.0. The summed E-state index contributed by atoms with van der Waals surface area (Å²) in [6.45, 7) is 3.24. The largest absolute Gasteiger partial charge is 0.464 e. The second kappa shape index (κ2) is 18.9. The number of hydrogen-bond donors (Lipinski definition) is 2. The number of rotatable bonds is 11. The van der Waals surface area contributed by atoms with Gasteiger partial charge in [0.25, 0.3) is 6.47 Å². The van der Waals surface area contributed by atoms with Gasteiger partial charge in [-0.05, 0) is 101 Å². The first-order valence-electron chi connectivity index (χ1n) is 15.7. The molecule has 0 radical (unpaired) electrons. The van der Waals surface area contributed by atoms with Gasteiger partial charge < -0.3 is 29.8 Å². The Morgan fingerprint density at radius 2 is 1.91 bits per heavy atom. The average molecular weight is 673 g/mol. The van der Waals surface area contributed by atoms with Crippen LogP contribution >= 0.6 is 11.6 Å². The lowest BCUT2D eigenvalue weighted by molar-refractivity contribution is -0.144. The number of carbonyl (C=O) groups excluding carboxylic acids is 3. The van der Waals surface area contributed by atoms with Crippen molar-refractivity contribution in [3.8, 4) is 11.1 Å². The van der Waals surface area contributed by atoms with Gasteiger partial charge in [0.1, 0.15) is 24.2 Å². The van der Waals surface area contributed by atoms with Crippen LogP contribution in [0.25, 0.3) is 11.1 Å². The predicted molar refractivity (Wildman–Crippen MR) is 180 cm³/mol. The van der Waals surface area contributed by atoms with Gasteiger partial charge in [-0.3, -0.25) is 9.78 Å². The topological polar surface area (TPSA) is 110 Å². The molecule has 254 valence electrons. The minimum Gasteiger partial charge on any atom is -0.464 e. The van der Waals surface area contributed by atoms with E-state index in [1.807, 2.05) is 25.1 Å². The summed E-state index contributed by atoms with van der Waals surface area (Å²) in [4.78, 5) is 40.9. The summed E-state index contributed by atoms with van der Waals surface area (Å²) in [7, 11) is 5.59. The Hall–Kier alpha value is -4.09. The molecular weight excluding hydrogens is 630 g/mol. The minimum absolute atomic E-state index is 0.0195. The minimum atomic E-state index is -0.645. The fourth-order valence-electron chi connectivity index (χ4n) is 5.42. The molecule has 9 nitrogen and oxygen atoms in total. The second-order valence-electron chi connectivity index (χ2n) is 11.4. The molecule has 12 heteroatoms. The maximum Gasteiger partial charge on any atom is 0.328 e. The highest BCUT2D eigenvalue weighted by Crippen LogP contribution is 2.35. The molecule has 3 aromatic rings. The maximum atomic E-state index is 14.2. The third-order valence-corrected chi connectivity index (χ3v) is 8.08. The van der Waals surface area contributed by atoms with Gasteiger partial charge in [0, 0.05) is 30.2 Å². The van der Waals surface area contributed by atoms with E-state index in [9.17, 15) is 23.2 Å². The number of halogens is 3. The molecule has 2 heterocycles. The van der Waals surface area contributed by atoms with Crippen molar-refractivity contribution in [2.45, 2.75) is 63.5 Å². The smallest absolute Gasteiger partial charge is 0.328 e. The molecule has 0 saturated carbocycles. The number of hydrogen-bond acceptors (Lipinski definition) is 9. The van der Waals surface area contributed by atoms with Gasteiger partial charge in [-0.2, -0.15) is 0 Å². The Balaban J connectivity index is 0.000000268. The summed E-state index contributed by atoms with van der Waals surface area (Å²) in [5.41, 5.74) is 3.57. The number of esters is 1. The van der Waals surface area contributed by atoms with E-state index in [1.165, 1.54) is 18.2 Å². The highest BCUT2D eigenvalue weighted by molar-refractivity contribution is 6.30. The standard InChI is InChI=1S/C21H23FN2O3.C14H20ClFN2O2/c1-2-27-21(26)19-6-4-3-5-15(13-25)20-11-14(9-10-23-20)17-12-16(22)7-8-18(17)24-19;1-17-11-7-6-10(15)14(16)13(11)12(20-9-19)5-4-8-18(2)3/h7-13,15,19,24H,2-6H2,1H3;6-7,9,12,17H,4-5,8H2,1-3H3. The number of aldehydes is 1. The Bertz CT molecular complexity index is 1490. The van der Waals surface area contributed by atoms with Crippen molar-refractivity contribution in [1.82, 2.24) is 9.88 Å². The van der Waals surface area contributed by atoms with Crippen LogP contribution in [-0.2, 0) is 23.9 Å². The molecule has 1 aliphatic heterocycles. The van der Waals surface area contributed by atoms with Crippen LogP contribution in [0.3, 0.4) is 0 Å². The molecule has 47 heavy (non-hydrogen) atoms. The quantitative estimate of drug-likeness (QED) is 0.162. The fraction of sp³-hybridized carbons (Fsp3) is 0.429. The number of fused-ring (bicyclic) bond motifs is 4. The summed E-state index contributed by atoms with van der Waals surface area (Å²) < 4.78 is 38.4. The van der Waals surface area contributed by atoms with Crippen LogP contribution in [0.1, 0.15) is 68.7 Å². The van der Waals surface area contributed by atoms with Gasteiger partial charge >= 0.3 is 5.97 Å². The van der Waals surface area contributed by atoms with Crippen LogP contribution in [0.2, 0.25) is 5.02 Å². The molecule has 2 bridgehead atoms. The maximum absolute atomic E-state index is 14.2. The fourth-order valence-corrected chi connectivity index (χ4v) is 5.58. The summed E-state index contributed by atoms with van der Waals surface area (Å²) >= 11 is 5.82. The number of nitrogens with one attached hydrogen (secondary N) is 2. The first-order chi connectivity index (χ1) is 22.6. The monoisotopic (exact) mass is 672 g/mol. The molecule has 4 rings (SSSR count). The van der Waals surface area contributed by atoms with Gasteiger partial charge in [0.2, 0.25) is 0 Å². The molecule has 0 amide bonds. The Labute approximate surface area is 280 Å². The Kier molecular flexibility index (Phi) is 15.0. The van der Waals surface area contributed by atoms with Gasteiger partial charge in [-0.1, -0.05) is 24.4 Å². The van der Waals surface area contributed by atoms with Crippen LogP contribution in [0.4, 0.5) is 20.2 Å². The van der Waals surface area contributed by atoms with Crippen molar-refractivity contribution in [1.29, 1.82) is 0 Å². The van der Waals surface area contributed by atoms with Gasteiger partial charge in [-0.25, -0.2) is 13.6 Å². The van der Waals surface area contributed by atoms with Crippen molar-refractivity contribution in [2.24, 2.45) is 0 Å². The van der Waals surface area contributed by atoms with E-state index in [1.54, 1.807) is 38.4 Å². The molecule has 0 spiro atoms. The van der Waals surface area contributed by atoms with Crippen molar-refractivity contribution < 1.29 is 32.6 Å². The van der Waals surface area contributed by atoms with Gasteiger partial charge in [0.05, 0.1) is 28.8 Å². The number of nitrogens with zero attached hydrogens (tertiary/aromatic N) is 2. The van der Waals surface area contributed by atoms with Crippen LogP contribution in [0, 0.1) is 11.6 Å². The van der Waals surface area contributed by atoms with E-state index < -0.39 is 18.0 Å². The van der Waals surface area contributed by atoms with E-state index in [2.05, 4.69) is 15.6 Å². The number of benzene rings is 2. The van der Waals surface area contributed by atoms with Crippen LogP contribution < -0.4 is 10.6 Å². The van der Waals surface area contributed by atoms with Gasteiger partial charge in [-0.15, -0.1) is 0 Å². The number of carbonyl (C=O) groups is 3. The molecule has 2 N–H and O–H groups in total. The summed E-state index contributed by atoms with van der Waals surface area (Å²) in [5, 5.41) is 6.15. The first kappa shape index (κ1) is 37.4. The molecule has 1 aliphatic rings. The van der Waals surface area contributed by atoms with E-state index in [-0.39, 0.29) is 22.7 Å². The summed E-state index contributed by atoms with van der Waals surface area (Å²) in [6.07, 6.45) is 5.99. The average Bonchev–Trinajstić information content (AvgIpc) is 3.05. The number of aromatic nitrogens is 1. The molecular formula is C35H43ClF2N4O5. The lowest BCUT2D eigenvalue weighted by atomic mass is 9.94. The van der Waals surface area contributed by atoms with Crippen molar-refractivity contribution >= 4 is 41.7 Å². The molecule has 1 aromatic heterocycles. The summed E-state index contributed by atoms with van der Waals surface area (Å²) in [5.74, 6) is -1.56. The lowest BCUT2D eigenvalue weighted by Gasteiger charge is -2.22. The van der Waals surface area contributed by atoms with Crippen molar-refractivity contribution in [3.63, 3.8) is 0 Å². The van der Waals surface area contributed by atoms with E-state index in [0.29, 0.717) is 60.5 Å². The third kappa shape index (κ3) is 10.7. The molecule has 0 fully saturated rings. The number of ether oxygens (including phenoxy) is 2. The zero-order valence-corrected chi connectivity index (χ0v) is 28.0. The molecule has 3 unspecified atom stereocenters. The zero-order chi connectivity index (χ0) is 34.3. The Morgan fingerprint density at radius 3 is 2.60 bits per heavy atom.